The molecule has 2 fully saturated rings. The van der Waals surface area contributed by atoms with Crippen LogP contribution in [0.2, 0.25) is 0 Å². The van der Waals surface area contributed by atoms with Gasteiger partial charge in [0.1, 0.15) is 11.9 Å². The van der Waals surface area contributed by atoms with Gasteiger partial charge in [0, 0.05) is 38.5 Å². The molecule has 2 aliphatic rings. The van der Waals surface area contributed by atoms with Gasteiger partial charge in [0.2, 0.25) is 5.91 Å². The summed E-state index contributed by atoms with van der Waals surface area (Å²) in [4.78, 5) is 28.5. The van der Waals surface area contributed by atoms with Crippen LogP contribution in [-0.2, 0) is 4.79 Å². The standard InChI is InChI=1S/C21H31N3O3/c1-16(2)14-20(25)23-11-8-17(9-12-23)22-21(26)24-13-10-19(15-24)27-18-6-4-3-5-7-18/h3-7,16-17,19H,8-15H2,1-2H3,(H,22,26). The summed E-state index contributed by atoms with van der Waals surface area (Å²) in [6, 6.07) is 9.88. The van der Waals surface area contributed by atoms with Crippen molar-refractivity contribution in [2.24, 2.45) is 5.92 Å². The lowest BCUT2D eigenvalue weighted by Crippen LogP contribution is -2.50. The summed E-state index contributed by atoms with van der Waals surface area (Å²) in [7, 11) is 0. The molecule has 2 heterocycles. The highest BCUT2D eigenvalue weighted by molar-refractivity contribution is 5.77. The zero-order chi connectivity index (χ0) is 19.2. The summed E-state index contributed by atoms with van der Waals surface area (Å²) in [5, 5.41) is 3.14. The van der Waals surface area contributed by atoms with Gasteiger partial charge in [0.05, 0.1) is 6.54 Å². The first-order valence-corrected chi connectivity index (χ1v) is 10.1. The van der Waals surface area contributed by atoms with Crippen molar-refractivity contribution in [1.29, 1.82) is 0 Å². The Hall–Kier alpha value is -2.24. The van der Waals surface area contributed by atoms with Crippen LogP contribution in [0.5, 0.6) is 5.75 Å². The van der Waals surface area contributed by atoms with E-state index in [1.165, 1.54) is 0 Å². The smallest absolute Gasteiger partial charge is 0.317 e. The number of hydrogen-bond donors (Lipinski definition) is 1. The number of carbonyl (C=O) groups excluding carboxylic acids is 2. The molecule has 1 atom stereocenters. The Bertz CT molecular complexity index is 627. The average molecular weight is 373 g/mol. The predicted octanol–water partition coefficient (Wildman–Crippen LogP) is 2.89. The summed E-state index contributed by atoms with van der Waals surface area (Å²) in [6.07, 6.45) is 3.16. The summed E-state index contributed by atoms with van der Waals surface area (Å²) in [6.45, 7) is 6.93. The number of carbonyl (C=O) groups is 2. The molecule has 0 radical (unpaired) electrons. The van der Waals surface area contributed by atoms with E-state index >= 15 is 0 Å². The fraction of sp³-hybridized carbons (Fsp3) is 0.619. The molecule has 148 valence electrons. The van der Waals surface area contributed by atoms with Gasteiger partial charge < -0.3 is 19.9 Å². The minimum absolute atomic E-state index is 0.0129. The van der Waals surface area contributed by atoms with E-state index in [9.17, 15) is 9.59 Å². The maximum atomic E-state index is 12.6. The lowest BCUT2D eigenvalue weighted by atomic mass is 10.0. The van der Waals surface area contributed by atoms with Gasteiger partial charge in [0.15, 0.2) is 0 Å². The lowest BCUT2D eigenvalue weighted by molar-refractivity contribution is -0.133. The van der Waals surface area contributed by atoms with Crippen LogP contribution in [0.4, 0.5) is 4.79 Å². The first-order valence-electron chi connectivity index (χ1n) is 10.1. The van der Waals surface area contributed by atoms with Crippen LogP contribution in [0.15, 0.2) is 30.3 Å². The first kappa shape index (κ1) is 19.5. The number of ether oxygens (including phenoxy) is 1. The molecule has 27 heavy (non-hydrogen) atoms. The Balaban J connectivity index is 1.39. The minimum Gasteiger partial charge on any atom is -0.489 e. The van der Waals surface area contributed by atoms with Gasteiger partial charge in [-0.1, -0.05) is 32.0 Å². The van der Waals surface area contributed by atoms with Crippen molar-refractivity contribution in [2.45, 2.75) is 51.7 Å². The van der Waals surface area contributed by atoms with Crippen molar-refractivity contribution in [2.75, 3.05) is 26.2 Å². The number of nitrogens with one attached hydrogen (secondary N) is 1. The molecular weight excluding hydrogens is 342 g/mol. The number of amides is 3. The van der Waals surface area contributed by atoms with Crippen molar-refractivity contribution in [3.8, 4) is 5.75 Å². The molecule has 1 N–H and O–H groups in total. The number of para-hydroxylation sites is 1. The van der Waals surface area contributed by atoms with Crippen LogP contribution in [0.1, 0.15) is 39.5 Å². The molecule has 0 aliphatic carbocycles. The van der Waals surface area contributed by atoms with E-state index in [0.717, 1.165) is 44.6 Å². The fourth-order valence-corrected chi connectivity index (χ4v) is 3.72. The number of piperidine rings is 1. The topological polar surface area (TPSA) is 61.9 Å². The number of rotatable bonds is 5. The second-order valence-corrected chi connectivity index (χ2v) is 7.99. The molecule has 1 aromatic rings. The third-order valence-corrected chi connectivity index (χ3v) is 5.24. The van der Waals surface area contributed by atoms with Crippen LogP contribution in [0, 0.1) is 5.92 Å². The summed E-state index contributed by atoms with van der Waals surface area (Å²) in [5.41, 5.74) is 0. The Morgan fingerprint density at radius 3 is 2.41 bits per heavy atom. The molecule has 0 saturated carbocycles. The molecule has 6 heteroatoms. The second-order valence-electron chi connectivity index (χ2n) is 7.99. The van der Waals surface area contributed by atoms with E-state index in [4.69, 9.17) is 4.74 Å². The van der Waals surface area contributed by atoms with Crippen molar-refractivity contribution in [1.82, 2.24) is 15.1 Å². The third kappa shape index (κ3) is 5.62. The molecule has 6 nitrogen and oxygen atoms in total. The predicted molar refractivity (Wildman–Crippen MR) is 105 cm³/mol. The molecule has 3 rings (SSSR count). The molecule has 2 saturated heterocycles. The van der Waals surface area contributed by atoms with Crippen LogP contribution in [0.25, 0.3) is 0 Å². The zero-order valence-electron chi connectivity index (χ0n) is 16.4. The lowest BCUT2D eigenvalue weighted by Gasteiger charge is -2.33. The molecule has 3 amide bonds. The molecule has 0 bridgehead atoms. The van der Waals surface area contributed by atoms with E-state index in [1.54, 1.807) is 0 Å². The fourth-order valence-electron chi connectivity index (χ4n) is 3.72. The van der Waals surface area contributed by atoms with Crippen molar-refractivity contribution >= 4 is 11.9 Å². The molecule has 2 aliphatic heterocycles. The van der Waals surface area contributed by atoms with Gasteiger partial charge in [-0.3, -0.25) is 4.79 Å². The van der Waals surface area contributed by atoms with Crippen molar-refractivity contribution < 1.29 is 14.3 Å². The van der Waals surface area contributed by atoms with Gasteiger partial charge in [-0.25, -0.2) is 4.79 Å². The molecule has 0 spiro atoms. The van der Waals surface area contributed by atoms with Crippen LogP contribution in [-0.4, -0.2) is 60.1 Å². The van der Waals surface area contributed by atoms with E-state index in [1.807, 2.05) is 40.1 Å². The SMILES string of the molecule is CC(C)CC(=O)N1CCC(NC(=O)N2CCC(Oc3ccccc3)C2)CC1. The quantitative estimate of drug-likeness (QED) is 0.863. The number of hydrogen-bond acceptors (Lipinski definition) is 3. The van der Waals surface area contributed by atoms with Crippen molar-refractivity contribution in [3.05, 3.63) is 30.3 Å². The highest BCUT2D eigenvalue weighted by atomic mass is 16.5. The maximum absolute atomic E-state index is 12.6. The summed E-state index contributed by atoms with van der Waals surface area (Å²) >= 11 is 0. The summed E-state index contributed by atoms with van der Waals surface area (Å²) < 4.78 is 5.95. The monoisotopic (exact) mass is 373 g/mol. The molecular formula is C21H31N3O3. The molecule has 0 aromatic heterocycles. The van der Waals surface area contributed by atoms with Crippen LogP contribution < -0.4 is 10.1 Å². The van der Waals surface area contributed by atoms with E-state index in [-0.39, 0.29) is 24.1 Å². The highest BCUT2D eigenvalue weighted by Crippen LogP contribution is 2.19. The normalized spacial score (nSPS) is 20.8. The Morgan fingerprint density at radius 2 is 1.74 bits per heavy atom. The minimum atomic E-state index is -0.0129. The van der Waals surface area contributed by atoms with E-state index < -0.39 is 0 Å². The molecule has 1 unspecified atom stereocenters. The first-order chi connectivity index (χ1) is 13.0. The second kappa shape index (κ2) is 9.11. The Labute approximate surface area is 161 Å². The average Bonchev–Trinajstić information content (AvgIpc) is 3.11. The van der Waals surface area contributed by atoms with Gasteiger partial charge in [-0.2, -0.15) is 0 Å². The van der Waals surface area contributed by atoms with Crippen molar-refractivity contribution in [3.63, 3.8) is 0 Å². The number of benzene rings is 1. The maximum Gasteiger partial charge on any atom is 0.317 e. The van der Waals surface area contributed by atoms with E-state index in [2.05, 4.69) is 19.2 Å². The van der Waals surface area contributed by atoms with Gasteiger partial charge >= 0.3 is 6.03 Å². The highest BCUT2D eigenvalue weighted by Gasteiger charge is 2.30. The largest absolute Gasteiger partial charge is 0.489 e. The number of nitrogens with zero attached hydrogens (tertiary/aromatic N) is 2. The number of urea groups is 1. The van der Waals surface area contributed by atoms with Gasteiger partial charge in [-0.15, -0.1) is 0 Å². The van der Waals surface area contributed by atoms with Gasteiger partial charge in [-0.05, 0) is 30.9 Å². The third-order valence-electron chi connectivity index (χ3n) is 5.24. The van der Waals surface area contributed by atoms with Gasteiger partial charge in [0.25, 0.3) is 0 Å². The van der Waals surface area contributed by atoms with Crippen LogP contribution >= 0.6 is 0 Å². The van der Waals surface area contributed by atoms with Crippen LogP contribution in [0.3, 0.4) is 0 Å². The Kier molecular flexibility index (Phi) is 6.58. The summed E-state index contributed by atoms with van der Waals surface area (Å²) in [5.74, 6) is 1.47. The number of likely N-dealkylation sites (tertiary alicyclic amines) is 2. The van der Waals surface area contributed by atoms with E-state index in [0.29, 0.717) is 18.9 Å². The zero-order valence-corrected chi connectivity index (χ0v) is 16.4. The Morgan fingerprint density at radius 1 is 1.07 bits per heavy atom. The molecule has 1 aromatic carbocycles.